The van der Waals surface area contributed by atoms with E-state index >= 15 is 0 Å². The van der Waals surface area contributed by atoms with Crippen molar-refractivity contribution in [2.45, 2.75) is 32.8 Å². The molecule has 0 radical (unpaired) electrons. The Bertz CT molecular complexity index is 293. The highest BCUT2D eigenvalue weighted by atomic mass is 32.2. The Hall–Kier alpha value is -0.470. The average Bonchev–Trinajstić information content (AvgIpc) is 2.26. The average molecular weight is 238 g/mol. The summed E-state index contributed by atoms with van der Waals surface area (Å²) in [5.41, 5.74) is 0.301. The van der Waals surface area contributed by atoms with Crippen LogP contribution in [-0.4, -0.2) is 16.6 Å². The SMILES string of the molecule is CC(C)CCSCC(C)(O)c1ccccc1. The standard InChI is InChI=1S/C14H22OS/c1-12(2)9-10-16-11-14(3,15)13-7-5-4-6-8-13/h4-8,12,15H,9-11H2,1-3H3. The molecule has 0 aliphatic rings. The first-order chi connectivity index (χ1) is 7.52. The molecule has 0 heterocycles. The highest BCUT2D eigenvalue weighted by Crippen LogP contribution is 2.25. The van der Waals surface area contributed by atoms with Crippen molar-refractivity contribution in [1.82, 2.24) is 0 Å². The van der Waals surface area contributed by atoms with Crippen LogP contribution in [0.5, 0.6) is 0 Å². The van der Waals surface area contributed by atoms with Gasteiger partial charge in [0.25, 0.3) is 0 Å². The van der Waals surface area contributed by atoms with E-state index in [0.717, 1.165) is 23.0 Å². The molecule has 16 heavy (non-hydrogen) atoms. The molecule has 0 fully saturated rings. The van der Waals surface area contributed by atoms with Gasteiger partial charge in [0.1, 0.15) is 0 Å². The summed E-state index contributed by atoms with van der Waals surface area (Å²) in [5, 5.41) is 10.3. The summed E-state index contributed by atoms with van der Waals surface area (Å²) in [6.07, 6.45) is 1.22. The van der Waals surface area contributed by atoms with E-state index in [-0.39, 0.29) is 0 Å². The van der Waals surface area contributed by atoms with Gasteiger partial charge in [-0.15, -0.1) is 0 Å². The number of aliphatic hydroxyl groups is 1. The molecular weight excluding hydrogens is 216 g/mol. The molecular formula is C14H22OS. The fraction of sp³-hybridized carbons (Fsp3) is 0.571. The second-order valence-electron chi connectivity index (χ2n) is 4.87. The lowest BCUT2D eigenvalue weighted by Crippen LogP contribution is -2.24. The molecule has 2 heteroatoms. The van der Waals surface area contributed by atoms with E-state index in [1.807, 2.05) is 49.0 Å². The molecule has 1 N–H and O–H groups in total. The van der Waals surface area contributed by atoms with Crippen molar-refractivity contribution < 1.29 is 5.11 Å². The minimum absolute atomic E-state index is 0.705. The molecule has 0 amide bonds. The molecule has 0 aliphatic heterocycles. The van der Waals surface area contributed by atoms with E-state index in [9.17, 15) is 5.11 Å². The van der Waals surface area contributed by atoms with Crippen molar-refractivity contribution in [2.75, 3.05) is 11.5 Å². The largest absolute Gasteiger partial charge is 0.385 e. The second-order valence-corrected chi connectivity index (χ2v) is 5.98. The normalized spacial score (nSPS) is 15.1. The maximum atomic E-state index is 10.3. The Labute approximate surface area is 103 Å². The van der Waals surface area contributed by atoms with Crippen LogP contribution in [0.4, 0.5) is 0 Å². The quantitative estimate of drug-likeness (QED) is 0.763. The van der Waals surface area contributed by atoms with Gasteiger partial charge in [-0.25, -0.2) is 0 Å². The Morgan fingerprint density at radius 1 is 1.25 bits per heavy atom. The first kappa shape index (κ1) is 13.6. The first-order valence-electron chi connectivity index (χ1n) is 5.88. The van der Waals surface area contributed by atoms with Gasteiger partial charge in [0, 0.05) is 5.75 Å². The Kier molecular flexibility index (Phi) is 5.36. The fourth-order valence-electron chi connectivity index (χ4n) is 1.47. The van der Waals surface area contributed by atoms with Gasteiger partial charge < -0.3 is 5.11 Å². The van der Waals surface area contributed by atoms with Crippen molar-refractivity contribution in [3.63, 3.8) is 0 Å². The summed E-state index contributed by atoms with van der Waals surface area (Å²) in [6.45, 7) is 6.36. The predicted octanol–water partition coefficient (Wildman–Crippen LogP) is 3.67. The third-order valence-corrected chi connectivity index (χ3v) is 3.91. The van der Waals surface area contributed by atoms with Crippen LogP contribution < -0.4 is 0 Å². The van der Waals surface area contributed by atoms with Gasteiger partial charge in [0.15, 0.2) is 0 Å². The topological polar surface area (TPSA) is 20.2 Å². The van der Waals surface area contributed by atoms with Gasteiger partial charge in [0.05, 0.1) is 5.60 Å². The van der Waals surface area contributed by atoms with Crippen LogP contribution in [0.2, 0.25) is 0 Å². The van der Waals surface area contributed by atoms with Crippen molar-refractivity contribution in [2.24, 2.45) is 5.92 Å². The van der Waals surface area contributed by atoms with Crippen LogP contribution in [0, 0.1) is 5.92 Å². The van der Waals surface area contributed by atoms with Crippen molar-refractivity contribution in [3.8, 4) is 0 Å². The number of benzene rings is 1. The van der Waals surface area contributed by atoms with Gasteiger partial charge in [-0.1, -0.05) is 44.2 Å². The molecule has 0 saturated heterocycles. The van der Waals surface area contributed by atoms with Gasteiger partial charge in [-0.3, -0.25) is 0 Å². The van der Waals surface area contributed by atoms with Crippen molar-refractivity contribution in [3.05, 3.63) is 35.9 Å². The molecule has 1 aromatic carbocycles. The van der Waals surface area contributed by atoms with Crippen LogP contribution >= 0.6 is 11.8 Å². The van der Waals surface area contributed by atoms with Crippen LogP contribution in [0.1, 0.15) is 32.8 Å². The van der Waals surface area contributed by atoms with E-state index < -0.39 is 5.60 Å². The highest BCUT2D eigenvalue weighted by molar-refractivity contribution is 7.99. The number of hydrogen-bond donors (Lipinski definition) is 1. The summed E-state index contributed by atoms with van der Waals surface area (Å²) >= 11 is 1.83. The molecule has 1 aromatic rings. The fourth-order valence-corrected chi connectivity index (χ4v) is 2.82. The van der Waals surface area contributed by atoms with E-state index in [1.54, 1.807) is 0 Å². The lowest BCUT2D eigenvalue weighted by atomic mass is 9.99. The third-order valence-electron chi connectivity index (χ3n) is 2.62. The van der Waals surface area contributed by atoms with E-state index in [0.29, 0.717) is 0 Å². The van der Waals surface area contributed by atoms with E-state index in [2.05, 4.69) is 13.8 Å². The molecule has 1 atom stereocenters. The molecule has 1 nitrogen and oxygen atoms in total. The summed E-state index contributed by atoms with van der Waals surface area (Å²) < 4.78 is 0. The molecule has 1 unspecified atom stereocenters. The van der Waals surface area contributed by atoms with Crippen molar-refractivity contribution >= 4 is 11.8 Å². The molecule has 0 aliphatic carbocycles. The molecule has 0 bridgehead atoms. The summed E-state index contributed by atoms with van der Waals surface area (Å²) in [4.78, 5) is 0. The van der Waals surface area contributed by atoms with E-state index in [1.165, 1.54) is 6.42 Å². The summed E-state index contributed by atoms with van der Waals surface area (Å²) in [7, 11) is 0. The monoisotopic (exact) mass is 238 g/mol. The second kappa shape index (κ2) is 6.31. The summed E-state index contributed by atoms with van der Waals surface area (Å²) in [5.74, 6) is 2.64. The van der Waals surface area contributed by atoms with Gasteiger partial charge in [-0.05, 0) is 30.6 Å². The molecule has 0 saturated carbocycles. The lowest BCUT2D eigenvalue weighted by molar-refractivity contribution is 0.0839. The van der Waals surface area contributed by atoms with Gasteiger partial charge in [-0.2, -0.15) is 11.8 Å². The molecule has 1 rings (SSSR count). The number of rotatable bonds is 6. The maximum absolute atomic E-state index is 10.3. The van der Waals surface area contributed by atoms with E-state index in [4.69, 9.17) is 0 Å². The van der Waals surface area contributed by atoms with Crippen LogP contribution in [0.15, 0.2) is 30.3 Å². The molecule has 90 valence electrons. The zero-order valence-electron chi connectivity index (χ0n) is 10.4. The minimum atomic E-state index is -0.705. The number of thioether (sulfide) groups is 1. The zero-order valence-corrected chi connectivity index (χ0v) is 11.3. The third kappa shape index (κ3) is 4.58. The van der Waals surface area contributed by atoms with Crippen LogP contribution in [-0.2, 0) is 5.60 Å². The maximum Gasteiger partial charge on any atom is 0.0958 e. The molecule has 0 aromatic heterocycles. The smallest absolute Gasteiger partial charge is 0.0958 e. The zero-order chi connectivity index (χ0) is 12.0. The Morgan fingerprint density at radius 2 is 1.88 bits per heavy atom. The Balaban J connectivity index is 2.40. The lowest BCUT2D eigenvalue weighted by Gasteiger charge is -2.23. The van der Waals surface area contributed by atoms with Gasteiger partial charge >= 0.3 is 0 Å². The minimum Gasteiger partial charge on any atom is -0.385 e. The number of hydrogen-bond acceptors (Lipinski definition) is 2. The summed E-state index contributed by atoms with van der Waals surface area (Å²) in [6, 6.07) is 9.91. The Morgan fingerprint density at radius 3 is 2.44 bits per heavy atom. The van der Waals surface area contributed by atoms with Crippen LogP contribution in [0.3, 0.4) is 0 Å². The van der Waals surface area contributed by atoms with Gasteiger partial charge in [0.2, 0.25) is 0 Å². The molecule has 0 spiro atoms. The first-order valence-corrected chi connectivity index (χ1v) is 7.03. The van der Waals surface area contributed by atoms with Crippen LogP contribution in [0.25, 0.3) is 0 Å². The van der Waals surface area contributed by atoms with Crippen molar-refractivity contribution in [1.29, 1.82) is 0 Å². The highest BCUT2D eigenvalue weighted by Gasteiger charge is 2.22. The predicted molar refractivity (Wildman–Crippen MR) is 72.8 cm³/mol.